The third-order valence-electron chi connectivity index (χ3n) is 3.81. The lowest BCUT2D eigenvalue weighted by molar-refractivity contribution is 0.0697. The van der Waals surface area contributed by atoms with E-state index in [1.165, 1.54) is 11.3 Å². The van der Waals surface area contributed by atoms with E-state index in [0.29, 0.717) is 21.8 Å². The largest absolute Gasteiger partial charge is 0.478 e. The Morgan fingerprint density at radius 1 is 1.30 bits per heavy atom. The van der Waals surface area contributed by atoms with E-state index >= 15 is 0 Å². The Morgan fingerprint density at radius 3 is 2.91 bits per heavy atom. The second-order valence-corrected chi connectivity index (χ2v) is 6.31. The minimum Gasteiger partial charge on any atom is -0.478 e. The molecule has 2 heterocycles. The highest BCUT2D eigenvalue weighted by atomic mass is 32.1. The fraction of sp³-hybridized carbons (Fsp3) is 0.0588. The Morgan fingerprint density at radius 2 is 2.13 bits per heavy atom. The van der Waals surface area contributed by atoms with E-state index in [1.54, 1.807) is 49.5 Å². The van der Waals surface area contributed by atoms with Crippen molar-refractivity contribution in [1.29, 1.82) is 0 Å². The van der Waals surface area contributed by atoms with E-state index in [0.717, 1.165) is 10.2 Å². The van der Waals surface area contributed by atoms with Crippen LogP contribution in [0.25, 0.3) is 26.4 Å². The van der Waals surface area contributed by atoms with Gasteiger partial charge in [0.15, 0.2) is 4.96 Å². The van der Waals surface area contributed by atoms with Crippen molar-refractivity contribution in [3.05, 3.63) is 59.5 Å². The Balaban J connectivity index is 1.92. The van der Waals surface area contributed by atoms with Crippen LogP contribution in [0.1, 0.15) is 15.9 Å². The lowest BCUT2D eigenvalue weighted by Gasteiger charge is -2.01. The van der Waals surface area contributed by atoms with Gasteiger partial charge in [-0.2, -0.15) is 0 Å². The van der Waals surface area contributed by atoms with Gasteiger partial charge in [0.1, 0.15) is 5.82 Å². The highest BCUT2D eigenvalue weighted by molar-refractivity contribution is 7.23. The quantitative estimate of drug-likeness (QED) is 0.595. The molecule has 0 saturated heterocycles. The van der Waals surface area contributed by atoms with E-state index < -0.39 is 5.97 Å². The number of aromatic carboxylic acids is 1. The summed E-state index contributed by atoms with van der Waals surface area (Å²) in [5, 5.41) is 9.06. The van der Waals surface area contributed by atoms with E-state index in [-0.39, 0.29) is 11.4 Å². The number of hydrogen-bond acceptors (Lipinski definition) is 3. The molecule has 1 N–H and O–H groups in total. The summed E-state index contributed by atoms with van der Waals surface area (Å²) in [7, 11) is 0. The maximum atomic E-state index is 14.3. The van der Waals surface area contributed by atoms with Crippen molar-refractivity contribution in [2.45, 2.75) is 6.92 Å². The zero-order chi connectivity index (χ0) is 16.1. The van der Waals surface area contributed by atoms with Gasteiger partial charge in [0.25, 0.3) is 0 Å². The van der Waals surface area contributed by atoms with Crippen molar-refractivity contribution in [2.75, 3.05) is 0 Å². The van der Waals surface area contributed by atoms with Crippen molar-refractivity contribution in [3.63, 3.8) is 0 Å². The van der Waals surface area contributed by atoms with Gasteiger partial charge >= 0.3 is 5.97 Å². The van der Waals surface area contributed by atoms with Gasteiger partial charge < -0.3 is 5.11 Å². The monoisotopic (exact) mass is 326 g/mol. The zero-order valence-corrected chi connectivity index (χ0v) is 12.9. The Hall–Kier alpha value is -2.73. The molecule has 0 aliphatic rings. The summed E-state index contributed by atoms with van der Waals surface area (Å²) in [5.74, 6) is -1.23. The molecular weight excluding hydrogens is 315 g/mol. The summed E-state index contributed by atoms with van der Waals surface area (Å²) in [6, 6.07) is 10.2. The van der Waals surface area contributed by atoms with Crippen molar-refractivity contribution in [3.8, 4) is 11.3 Å². The molecule has 0 fully saturated rings. The molecule has 6 heteroatoms. The molecule has 0 amide bonds. The predicted octanol–water partition coefficient (Wildman–Crippen LogP) is 4.36. The van der Waals surface area contributed by atoms with Crippen molar-refractivity contribution in [2.24, 2.45) is 0 Å². The molecule has 0 aliphatic carbocycles. The summed E-state index contributed by atoms with van der Waals surface area (Å²) in [6.07, 6.45) is 1.78. The van der Waals surface area contributed by atoms with Crippen LogP contribution in [0.3, 0.4) is 0 Å². The van der Waals surface area contributed by atoms with Crippen LogP contribution < -0.4 is 0 Å². The first-order valence-corrected chi connectivity index (χ1v) is 7.76. The molecule has 2 aromatic carbocycles. The highest BCUT2D eigenvalue weighted by Gasteiger charge is 2.15. The van der Waals surface area contributed by atoms with Gasteiger partial charge in [-0.1, -0.05) is 23.5 Å². The lowest BCUT2D eigenvalue weighted by atomic mass is 10.1. The van der Waals surface area contributed by atoms with Gasteiger partial charge in [-0.25, -0.2) is 14.2 Å². The standard InChI is InChI=1S/C17H11FN2O2S/c1-9-3-2-4-11(15(9)18)12-8-20-13-6-5-10(16(21)22)7-14(13)23-17(20)19-12/h2-8H,1H3,(H,21,22). The summed E-state index contributed by atoms with van der Waals surface area (Å²) in [5.41, 5.74) is 2.72. The molecule has 0 radical (unpaired) electrons. The van der Waals surface area contributed by atoms with Crippen LogP contribution in [0.4, 0.5) is 4.39 Å². The smallest absolute Gasteiger partial charge is 0.335 e. The average molecular weight is 326 g/mol. The van der Waals surface area contributed by atoms with Gasteiger partial charge in [0, 0.05) is 11.8 Å². The zero-order valence-electron chi connectivity index (χ0n) is 12.1. The molecule has 0 aliphatic heterocycles. The van der Waals surface area contributed by atoms with Gasteiger partial charge in [-0.3, -0.25) is 4.40 Å². The number of halogens is 1. The molecule has 0 bridgehead atoms. The van der Waals surface area contributed by atoms with Crippen LogP contribution in [0.15, 0.2) is 42.6 Å². The number of aryl methyl sites for hydroxylation is 1. The SMILES string of the molecule is Cc1cccc(-c2cn3c(n2)sc2cc(C(=O)O)ccc23)c1F. The minimum absolute atomic E-state index is 0.243. The molecule has 4 nitrogen and oxygen atoms in total. The summed E-state index contributed by atoms with van der Waals surface area (Å²) in [6.45, 7) is 1.72. The Kier molecular flexibility index (Phi) is 2.96. The molecule has 0 unspecified atom stereocenters. The third-order valence-corrected chi connectivity index (χ3v) is 4.83. The van der Waals surface area contributed by atoms with Crippen LogP contribution in [-0.4, -0.2) is 20.5 Å². The van der Waals surface area contributed by atoms with Gasteiger partial charge in [0.05, 0.1) is 21.5 Å². The summed E-state index contributed by atoms with van der Waals surface area (Å²) >= 11 is 1.38. The van der Waals surface area contributed by atoms with Crippen LogP contribution in [0.2, 0.25) is 0 Å². The van der Waals surface area contributed by atoms with E-state index in [1.807, 2.05) is 4.40 Å². The van der Waals surface area contributed by atoms with Crippen LogP contribution >= 0.6 is 11.3 Å². The molecule has 4 rings (SSSR count). The fourth-order valence-corrected chi connectivity index (χ4v) is 3.66. The lowest BCUT2D eigenvalue weighted by Crippen LogP contribution is -1.94. The number of carboxylic acid groups (broad SMARTS) is 1. The van der Waals surface area contributed by atoms with E-state index in [4.69, 9.17) is 5.11 Å². The molecule has 0 spiro atoms. The van der Waals surface area contributed by atoms with Gasteiger partial charge in [0.2, 0.25) is 0 Å². The summed E-state index contributed by atoms with van der Waals surface area (Å²) in [4.78, 5) is 16.2. The van der Waals surface area contributed by atoms with Crippen LogP contribution in [0.5, 0.6) is 0 Å². The molecule has 0 saturated carbocycles. The number of fused-ring (bicyclic) bond motifs is 3. The van der Waals surface area contributed by atoms with Crippen LogP contribution in [-0.2, 0) is 0 Å². The molecule has 4 aromatic rings. The maximum Gasteiger partial charge on any atom is 0.335 e. The van der Waals surface area contributed by atoms with E-state index in [2.05, 4.69) is 4.98 Å². The first kappa shape index (κ1) is 13.9. The second kappa shape index (κ2) is 4.89. The topological polar surface area (TPSA) is 54.6 Å². The first-order valence-electron chi connectivity index (χ1n) is 6.95. The third kappa shape index (κ3) is 2.10. The number of hydrogen-bond donors (Lipinski definition) is 1. The number of carboxylic acids is 1. The van der Waals surface area contributed by atoms with Gasteiger partial charge in [-0.15, -0.1) is 0 Å². The van der Waals surface area contributed by atoms with Crippen molar-refractivity contribution in [1.82, 2.24) is 9.38 Å². The molecular formula is C17H11FN2O2S. The first-order chi connectivity index (χ1) is 11.0. The average Bonchev–Trinajstić information content (AvgIpc) is 3.06. The van der Waals surface area contributed by atoms with Gasteiger partial charge in [-0.05, 0) is 36.8 Å². The number of imidazole rings is 1. The van der Waals surface area contributed by atoms with Crippen LogP contribution in [0, 0.1) is 12.7 Å². The number of thiazole rings is 1. The fourth-order valence-electron chi connectivity index (χ4n) is 2.61. The predicted molar refractivity (Wildman–Crippen MR) is 87.7 cm³/mol. The minimum atomic E-state index is -0.958. The number of carbonyl (C=O) groups is 1. The number of nitrogens with zero attached hydrogens (tertiary/aromatic N) is 2. The molecule has 23 heavy (non-hydrogen) atoms. The maximum absolute atomic E-state index is 14.3. The molecule has 2 aromatic heterocycles. The number of benzene rings is 2. The van der Waals surface area contributed by atoms with Crippen molar-refractivity contribution >= 4 is 32.5 Å². The highest BCUT2D eigenvalue weighted by Crippen LogP contribution is 2.31. The molecule has 0 atom stereocenters. The Labute approximate surface area is 134 Å². The number of aromatic nitrogens is 2. The van der Waals surface area contributed by atoms with Crippen molar-refractivity contribution < 1.29 is 14.3 Å². The summed E-state index contributed by atoms with van der Waals surface area (Å²) < 4.78 is 17.0. The normalized spacial score (nSPS) is 11.4. The second-order valence-electron chi connectivity index (χ2n) is 5.30. The Bertz CT molecular complexity index is 1080. The number of rotatable bonds is 2. The van der Waals surface area contributed by atoms with E-state index in [9.17, 15) is 9.18 Å². The molecule has 114 valence electrons.